The van der Waals surface area contributed by atoms with Crippen molar-refractivity contribution >= 4 is 22.8 Å². The minimum Gasteiger partial charge on any atom is -0.369 e. The van der Waals surface area contributed by atoms with Crippen LogP contribution in [0.15, 0.2) is 12.5 Å². The summed E-state index contributed by atoms with van der Waals surface area (Å²) in [4.78, 5) is 21.8. The van der Waals surface area contributed by atoms with Gasteiger partial charge in [-0.3, -0.25) is 9.48 Å². The first-order valence-electron chi connectivity index (χ1n) is 5.84. The van der Waals surface area contributed by atoms with Crippen LogP contribution in [0.4, 0.5) is 5.82 Å². The second-order valence-electron chi connectivity index (χ2n) is 4.54. The van der Waals surface area contributed by atoms with Crippen molar-refractivity contribution in [2.24, 2.45) is 18.7 Å². The van der Waals surface area contributed by atoms with Crippen molar-refractivity contribution in [3.8, 4) is 0 Å². The number of carbonyl (C=O) groups is 1. The molecule has 0 aliphatic carbocycles. The molecule has 2 aromatic rings. The molecular weight excluding hydrogens is 232 g/mol. The van der Waals surface area contributed by atoms with Gasteiger partial charge in [-0.15, -0.1) is 0 Å². The summed E-state index contributed by atoms with van der Waals surface area (Å²) >= 11 is 0. The Hall–Kier alpha value is -2.18. The van der Waals surface area contributed by atoms with Gasteiger partial charge in [-0.05, 0) is 6.42 Å². The standard InChI is InChI=1S/C11H14N6O/c1-16-10-8(4-15-16)11(14-6-13-10)17-3-2-7(5-17)9(12)18/h4,6-7H,2-3,5H2,1H3,(H2,12,18)/t7-/m1/s1. The van der Waals surface area contributed by atoms with Crippen molar-refractivity contribution in [3.63, 3.8) is 0 Å². The molecule has 1 amide bonds. The van der Waals surface area contributed by atoms with Crippen molar-refractivity contribution in [1.29, 1.82) is 0 Å². The van der Waals surface area contributed by atoms with Crippen LogP contribution >= 0.6 is 0 Å². The number of nitrogens with two attached hydrogens (primary N) is 1. The molecule has 0 saturated carbocycles. The molecule has 0 aromatic carbocycles. The monoisotopic (exact) mass is 246 g/mol. The molecule has 2 aromatic heterocycles. The Labute approximate surface area is 104 Å². The van der Waals surface area contributed by atoms with Gasteiger partial charge < -0.3 is 10.6 Å². The fourth-order valence-corrected chi connectivity index (χ4v) is 2.39. The Balaban J connectivity index is 1.98. The van der Waals surface area contributed by atoms with E-state index in [2.05, 4.69) is 20.0 Å². The van der Waals surface area contributed by atoms with Crippen LogP contribution in [0.3, 0.4) is 0 Å². The van der Waals surface area contributed by atoms with Crippen molar-refractivity contribution in [3.05, 3.63) is 12.5 Å². The summed E-state index contributed by atoms with van der Waals surface area (Å²) in [6, 6.07) is 0. The Morgan fingerprint density at radius 2 is 2.33 bits per heavy atom. The van der Waals surface area contributed by atoms with E-state index in [1.54, 1.807) is 10.9 Å². The Bertz CT molecular complexity index is 607. The van der Waals surface area contributed by atoms with E-state index in [1.165, 1.54) is 6.33 Å². The smallest absolute Gasteiger partial charge is 0.222 e. The van der Waals surface area contributed by atoms with Crippen LogP contribution in [-0.4, -0.2) is 38.7 Å². The van der Waals surface area contributed by atoms with E-state index in [4.69, 9.17) is 5.73 Å². The maximum Gasteiger partial charge on any atom is 0.222 e. The fraction of sp³-hybridized carbons (Fsp3) is 0.455. The van der Waals surface area contributed by atoms with E-state index in [0.29, 0.717) is 6.54 Å². The minimum atomic E-state index is -0.242. The molecule has 1 fully saturated rings. The second kappa shape index (κ2) is 3.94. The normalized spacial score (nSPS) is 19.6. The van der Waals surface area contributed by atoms with Crippen molar-refractivity contribution in [2.75, 3.05) is 18.0 Å². The van der Waals surface area contributed by atoms with E-state index in [1.807, 2.05) is 7.05 Å². The largest absolute Gasteiger partial charge is 0.369 e. The molecule has 3 rings (SSSR count). The van der Waals surface area contributed by atoms with Crippen LogP contribution in [0.5, 0.6) is 0 Å². The zero-order valence-corrected chi connectivity index (χ0v) is 10.1. The van der Waals surface area contributed by atoms with Crippen LogP contribution in [-0.2, 0) is 11.8 Å². The lowest BCUT2D eigenvalue weighted by atomic mass is 10.1. The number of hydrogen-bond donors (Lipinski definition) is 1. The third-order valence-electron chi connectivity index (χ3n) is 3.40. The summed E-state index contributed by atoms with van der Waals surface area (Å²) in [7, 11) is 1.84. The first-order valence-corrected chi connectivity index (χ1v) is 5.84. The maximum atomic E-state index is 11.2. The summed E-state index contributed by atoms with van der Waals surface area (Å²) in [5.74, 6) is 0.498. The lowest BCUT2D eigenvalue weighted by molar-refractivity contribution is -0.121. The van der Waals surface area contributed by atoms with Crippen LogP contribution in [0, 0.1) is 5.92 Å². The van der Waals surface area contributed by atoms with Gasteiger partial charge in [0.1, 0.15) is 12.1 Å². The Kier molecular flexibility index (Phi) is 2.39. The molecule has 1 aliphatic rings. The molecule has 1 saturated heterocycles. The van der Waals surface area contributed by atoms with Gasteiger partial charge in [0.2, 0.25) is 5.91 Å². The van der Waals surface area contributed by atoms with E-state index >= 15 is 0 Å². The number of rotatable bonds is 2. The highest BCUT2D eigenvalue weighted by atomic mass is 16.1. The molecule has 0 radical (unpaired) electrons. The van der Waals surface area contributed by atoms with E-state index in [-0.39, 0.29) is 11.8 Å². The van der Waals surface area contributed by atoms with Gasteiger partial charge in [-0.1, -0.05) is 0 Å². The average molecular weight is 246 g/mol. The minimum absolute atomic E-state index is 0.0910. The molecule has 1 atom stereocenters. The number of carbonyl (C=O) groups excluding carboxylic acids is 1. The molecule has 0 unspecified atom stereocenters. The number of hydrogen-bond acceptors (Lipinski definition) is 5. The van der Waals surface area contributed by atoms with Gasteiger partial charge >= 0.3 is 0 Å². The maximum absolute atomic E-state index is 11.2. The summed E-state index contributed by atoms with van der Waals surface area (Å²) in [5, 5.41) is 5.09. The van der Waals surface area contributed by atoms with Gasteiger partial charge in [0, 0.05) is 20.1 Å². The summed E-state index contributed by atoms with van der Waals surface area (Å²) in [6.45, 7) is 1.41. The van der Waals surface area contributed by atoms with E-state index in [0.717, 1.165) is 29.8 Å². The summed E-state index contributed by atoms with van der Waals surface area (Å²) in [6.07, 6.45) is 4.06. The first-order chi connectivity index (χ1) is 8.66. The van der Waals surface area contributed by atoms with Crippen LogP contribution in [0.2, 0.25) is 0 Å². The number of amides is 1. The van der Waals surface area contributed by atoms with Crippen molar-refractivity contribution < 1.29 is 4.79 Å². The highest BCUT2D eigenvalue weighted by Gasteiger charge is 2.28. The Morgan fingerprint density at radius 1 is 1.50 bits per heavy atom. The molecule has 0 spiro atoms. The van der Waals surface area contributed by atoms with E-state index < -0.39 is 0 Å². The van der Waals surface area contributed by atoms with E-state index in [9.17, 15) is 4.79 Å². The molecule has 1 aliphatic heterocycles. The predicted octanol–water partition coefficient (Wildman–Crippen LogP) is -0.325. The van der Waals surface area contributed by atoms with Gasteiger partial charge in [0.15, 0.2) is 5.65 Å². The number of primary amides is 1. The molecular formula is C11H14N6O. The van der Waals surface area contributed by atoms with Gasteiger partial charge in [-0.2, -0.15) is 5.10 Å². The van der Waals surface area contributed by atoms with Crippen LogP contribution in [0.25, 0.3) is 11.0 Å². The second-order valence-corrected chi connectivity index (χ2v) is 4.54. The molecule has 0 bridgehead atoms. The fourth-order valence-electron chi connectivity index (χ4n) is 2.39. The highest BCUT2D eigenvalue weighted by Crippen LogP contribution is 2.27. The topological polar surface area (TPSA) is 89.9 Å². The number of fused-ring (bicyclic) bond motifs is 1. The van der Waals surface area contributed by atoms with Crippen molar-refractivity contribution in [1.82, 2.24) is 19.7 Å². The molecule has 7 heteroatoms. The first kappa shape index (κ1) is 10.9. The van der Waals surface area contributed by atoms with Gasteiger partial charge in [-0.25, -0.2) is 9.97 Å². The zero-order valence-electron chi connectivity index (χ0n) is 10.1. The zero-order chi connectivity index (χ0) is 12.7. The highest BCUT2D eigenvalue weighted by molar-refractivity contribution is 5.87. The quantitative estimate of drug-likeness (QED) is 0.784. The lowest BCUT2D eigenvalue weighted by Gasteiger charge is -2.17. The van der Waals surface area contributed by atoms with Gasteiger partial charge in [0.25, 0.3) is 0 Å². The molecule has 2 N–H and O–H groups in total. The van der Waals surface area contributed by atoms with Crippen LogP contribution in [0.1, 0.15) is 6.42 Å². The van der Waals surface area contributed by atoms with Crippen LogP contribution < -0.4 is 10.6 Å². The SMILES string of the molecule is Cn1ncc2c(N3CC[C@@H](C(N)=O)C3)ncnc21. The number of anilines is 1. The summed E-state index contributed by atoms with van der Waals surface area (Å²) < 4.78 is 1.71. The molecule has 7 nitrogen and oxygen atoms in total. The predicted molar refractivity (Wildman–Crippen MR) is 65.8 cm³/mol. The molecule has 18 heavy (non-hydrogen) atoms. The number of nitrogens with zero attached hydrogens (tertiary/aromatic N) is 5. The molecule has 94 valence electrons. The lowest BCUT2D eigenvalue weighted by Crippen LogP contribution is -2.27. The third kappa shape index (κ3) is 1.59. The van der Waals surface area contributed by atoms with Crippen molar-refractivity contribution in [2.45, 2.75) is 6.42 Å². The number of aryl methyl sites for hydroxylation is 1. The van der Waals surface area contributed by atoms with Gasteiger partial charge in [0.05, 0.1) is 17.5 Å². The molecule has 3 heterocycles. The Morgan fingerprint density at radius 3 is 3.06 bits per heavy atom. The average Bonchev–Trinajstić information content (AvgIpc) is 2.97. The summed E-state index contributed by atoms with van der Waals surface area (Å²) in [5.41, 5.74) is 6.13. The third-order valence-corrected chi connectivity index (χ3v) is 3.40. The number of aromatic nitrogens is 4.